The molecule has 0 aliphatic heterocycles. The summed E-state index contributed by atoms with van der Waals surface area (Å²) >= 11 is 4.34. The molecule has 0 heterocycles. The lowest BCUT2D eigenvalue weighted by Gasteiger charge is -2.14. The molecule has 0 aliphatic carbocycles. The van der Waals surface area contributed by atoms with Crippen LogP contribution in [0.25, 0.3) is 16.7 Å². The van der Waals surface area contributed by atoms with Gasteiger partial charge in [0, 0.05) is 4.90 Å². The lowest BCUT2D eigenvalue weighted by Crippen LogP contribution is -1.92. The van der Waals surface area contributed by atoms with E-state index < -0.39 is 0 Å². The van der Waals surface area contributed by atoms with Crippen molar-refractivity contribution in [3.05, 3.63) is 59.7 Å². The Morgan fingerprint density at radius 3 is 2.22 bits per heavy atom. The molecule has 2 rings (SSSR count). The van der Waals surface area contributed by atoms with Gasteiger partial charge in [-0.25, -0.2) is 0 Å². The van der Waals surface area contributed by atoms with Crippen molar-refractivity contribution in [3.8, 4) is 11.1 Å². The maximum Gasteiger partial charge on any atom is 0.00404 e. The van der Waals surface area contributed by atoms with Gasteiger partial charge in [-0.15, -0.1) is 12.6 Å². The van der Waals surface area contributed by atoms with E-state index >= 15 is 0 Å². The minimum Gasteiger partial charge on any atom is -0.143 e. The first-order valence-corrected chi connectivity index (χ1v) is 6.50. The number of thiol groups is 1. The zero-order valence-corrected chi connectivity index (χ0v) is 12.0. The largest absolute Gasteiger partial charge is 0.143 e. The average Bonchev–Trinajstić information content (AvgIpc) is 2.29. The molecule has 18 heavy (non-hydrogen) atoms. The molecule has 1 heteroatoms. The second kappa shape index (κ2) is 5.03. The Morgan fingerprint density at radius 2 is 1.67 bits per heavy atom. The third-order valence-electron chi connectivity index (χ3n) is 3.10. The van der Waals surface area contributed by atoms with Crippen molar-refractivity contribution in [1.29, 1.82) is 0 Å². The molecule has 92 valence electrons. The van der Waals surface area contributed by atoms with Crippen LogP contribution in [-0.2, 0) is 0 Å². The fourth-order valence-electron chi connectivity index (χ4n) is 2.32. The lowest BCUT2D eigenvalue weighted by atomic mass is 9.90. The highest BCUT2D eigenvalue weighted by atomic mass is 32.1. The first-order valence-electron chi connectivity index (χ1n) is 6.05. The Kier molecular flexibility index (Phi) is 3.63. The van der Waals surface area contributed by atoms with E-state index in [0.717, 1.165) is 10.5 Å². The van der Waals surface area contributed by atoms with E-state index in [4.69, 9.17) is 0 Å². The molecule has 0 bridgehead atoms. The van der Waals surface area contributed by atoms with Crippen LogP contribution in [0.15, 0.2) is 47.9 Å². The van der Waals surface area contributed by atoms with Crippen LogP contribution in [-0.4, -0.2) is 0 Å². The average molecular weight is 254 g/mol. The Morgan fingerprint density at radius 1 is 1.06 bits per heavy atom. The molecule has 0 radical (unpaired) electrons. The van der Waals surface area contributed by atoms with Crippen LogP contribution in [0.4, 0.5) is 0 Å². The fourth-order valence-corrected chi connectivity index (χ4v) is 2.46. The Hall–Kier alpha value is -1.47. The van der Waals surface area contributed by atoms with Gasteiger partial charge in [-0.3, -0.25) is 0 Å². The highest BCUT2D eigenvalue weighted by Crippen LogP contribution is 2.32. The van der Waals surface area contributed by atoms with Crippen molar-refractivity contribution in [1.82, 2.24) is 0 Å². The number of rotatable bonds is 2. The second-order valence-electron chi connectivity index (χ2n) is 4.83. The quantitative estimate of drug-likeness (QED) is 0.691. The molecule has 0 saturated heterocycles. The summed E-state index contributed by atoms with van der Waals surface area (Å²) in [6, 6.07) is 12.7. The molecule has 0 nitrogen and oxygen atoms in total. The monoisotopic (exact) mass is 254 g/mol. The summed E-state index contributed by atoms with van der Waals surface area (Å²) in [6.45, 7) is 10.4. The summed E-state index contributed by atoms with van der Waals surface area (Å²) < 4.78 is 0. The van der Waals surface area contributed by atoms with Gasteiger partial charge in [0.1, 0.15) is 0 Å². The standard InChI is InChI=1S/C17H18S/c1-11(2)16-10-12(3)9-13(4)17(16)14-5-7-15(18)8-6-14/h5-10,18H,1H2,2-4H3. The number of allylic oxidation sites excluding steroid dienone is 1. The van der Waals surface area contributed by atoms with Gasteiger partial charge < -0.3 is 0 Å². The Labute approximate surface area is 115 Å². The summed E-state index contributed by atoms with van der Waals surface area (Å²) in [4.78, 5) is 0.986. The molecular weight excluding hydrogens is 236 g/mol. The van der Waals surface area contributed by atoms with Crippen molar-refractivity contribution in [2.75, 3.05) is 0 Å². The molecule has 2 aromatic rings. The van der Waals surface area contributed by atoms with Crippen molar-refractivity contribution in [2.24, 2.45) is 0 Å². The van der Waals surface area contributed by atoms with Crippen molar-refractivity contribution in [3.63, 3.8) is 0 Å². The smallest absolute Gasteiger partial charge is 0.00404 e. The van der Waals surface area contributed by atoms with E-state index in [9.17, 15) is 0 Å². The van der Waals surface area contributed by atoms with Gasteiger partial charge in [0.2, 0.25) is 0 Å². The van der Waals surface area contributed by atoms with Crippen LogP contribution in [0.1, 0.15) is 23.6 Å². The van der Waals surface area contributed by atoms with Gasteiger partial charge in [-0.1, -0.05) is 42.0 Å². The van der Waals surface area contributed by atoms with E-state index in [0.29, 0.717) is 0 Å². The van der Waals surface area contributed by atoms with Crippen molar-refractivity contribution in [2.45, 2.75) is 25.7 Å². The van der Waals surface area contributed by atoms with E-state index in [2.05, 4.69) is 64.2 Å². The first kappa shape index (κ1) is 13.0. The Balaban J connectivity index is 2.69. The van der Waals surface area contributed by atoms with Crippen LogP contribution in [0.3, 0.4) is 0 Å². The summed E-state index contributed by atoms with van der Waals surface area (Å²) in [5.41, 5.74) is 7.41. The van der Waals surface area contributed by atoms with Gasteiger partial charge in [-0.2, -0.15) is 0 Å². The van der Waals surface area contributed by atoms with Gasteiger partial charge in [0.15, 0.2) is 0 Å². The normalized spacial score (nSPS) is 10.4. The second-order valence-corrected chi connectivity index (χ2v) is 5.35. The maximum absolute atomic E-state index is 4.34. The fraction of sp³-hybridized carbons (Fsp3) is 0.176. The first-order chi connectivity index (χ1) is 8.49. The molecule has 0 fully saturated rings. The van der Waals surface area contributed by atoms with Crippen LogP contribution in [0, 0.1) is 13.8 Å². The molecule has 0 aliphatic rings. The van der Waals surface area contributed by atoms with Gasteiger partial charge in [-0.05, 0) is 55.2 Å². The molecule has 0 unspecified atom stereocenters. The van der Waals surface area contributed by atoms with Crippen LogP contribution < -0.4 is 0 Å². The van der Waals surface area contributed by atoms with Crippen molar-refractivity contribution < 1.29 is 0 Å². The molecule has 0 amide bonds. The molecule has 0 aromatic heterocycles. The van der Waals surface area contributed by atoms with E-state index in [-0.39, 0.29) is 0 Å². The molecule has 0 N–H and O–H groups in total. The number of hydrogen-bond donors (Lipinski definition) is 1. The zero-order valence-electron chi connectivity index (χ0n) is 11.1. The number of hydrogen-bond acceptors (Lipinski definition) is 1. The van der Waals surface area contributed by atoms with E-state index in [1.807, 2.05) is 12.1 Å². The minimum absolute atomic E-state index is 0.986. The van der Waals surface area contributed by atoms with E-state index in [1.165, 1.54) is 27.8 Å². The van der Waals surface area contributed by atoms with Crippen molar-refractivity contribution >= 4 is 18.2 Å². The van der Waals surface area contributed by atoms with Crippen LogP contribution in [0.2, 0.25) is 0 Å². The molecule has 0 atom stereocenters. The maximum atomic E-state index is 4.34. The number of aryl methyl sites for hydroxylation is 2. The highest BCUT2D eigenvalue weighted by Gasteiger charge is 2.09. The predicted octanol–water partition coefficient (Wildman–Crippen LogP) is 5.29. The summed E-state index contributed by atoms with van der Waals surface area (Å²) in [5, 5.41) is 0. The molecule has 0 saturated carbocycles. The predicted molar refractivity (Wildman–Crippen MR) is 83.3 cm³/mol. The molecule has 2 aromatic carbocycles. The SMILES string of the molecule is C=C(C)c1cc(C)cc(C)c1-c1ccc(S)cc1. The Bertz CT molecular complexity index is 592. The summed E-state index contributed by atoms with van der Waals surface area (Å²) in [5.74, 6) is 0. The lowest BCUT2D eigenvalue weighted by molar-refractivity contribution is 1.35. The van der Waals surface area contributed by atoms with Gasteiger partial charge in [0.05, 0.1) is 0 Å². The summed E-state index contributed by atoms with van der Waals surface area (Å²) in [6.07, 6.45) is 0. The molecular formula is C17H18S. The summed E-state index contributed by atoms with van der Waals surface area (Å²) in [7, 11) is 0. The van der Waals surface area contributed by atoms with E-state index in [1.54, 1.807) is 0 Å². The third-order valence-corrected chi connectivity index (χ3v) is 3.39. The highest BCUT2D eigenvalue weighted by molar-refractivity contribution is 7.80. The number of benzene rings is 2. The van der Waals surface area contributed by atoms with Crippen LogP contribution in [0.5, 0.6) is 0 Å². The van der Waals surface area contributed by atoms with Crippen LogP contribution >= 0.6 is 12.6 Å². The topological polar surface area (TPSA) is 0 Å². The zero-order chi connectivity index (χ0) is 13.3. The third kappa shape index (κ3) is 2.51. The van der Waals surface area contributed by atoms with Gasteiger partial charge >= 0.3 is 0 Å². The van der Waals surface area contributed by atoms with Gasteiger partial charge in [0.25, 0.3) is 0 Å². The minimum atomic E-state index is 0.986. The molecule has 0 spiro atoms.